The fraction of sp³-hybridized carbons (Fsp3) is 0. The zero-order valence-corrected chi connectivity index (χ0v) is 18.1. The smallest absolute Gasteiger partial charge is 0.156 e. The summed E-state index contributed by atoms with van der Waals surface area (Å²) in [5, 5.41) is 6.90. The zero-order valence-electron chi connectivity index (χ0n) is 18.1. The van der Waals surface area contributed by atoms with Crippen LogP contribution in [-0.2, 0) is 0 Å². The lowest BCUT2D eigenvalue weighted by Crippen LogP contribution is -1.99. The average molecular weight is 435 g/mol. The maximum absolute atomic E-state index is 6.48. The number of aromatic nitrogens is 3. The van der Waals surface area contributed by atoms with Crippen molar-refractivity contribution in [2.24, 2.45) is 0 Å². The van der Waals surface area contributed by atoms with Crippen LogP contribution >= 0.6 is 0 Å². The van der Waals surface area contributed by atoms with Gasteiger partial charge in [0.15, 0.2) is 5.82 Å². The van der Waals surface area contributed by atoms with Crippen LogP contribution < -0.4 is 0 Å². The zero-order chi connectivity index (χ0) is 22.2. The fourth-order valence-electron chi connectivity index (χ4n) is 5.41. The molecule has 3 heterocycles. The molecule has 0 spiro atoms. The van der Waals surface area contributed by atoms with E-state index in [-0.39, 0.29) is 0 Å². The molecule has 0 aliphatic carbocycles. The average Bonchev–Trinajstić information content (AvgIpc) is 3.45. The second-order valence-corrected chi connectivity index (χ2v) is 8.64. The summed E-state index contributed by atoms with van der Waals surface area (Å²) in [6, 6.07) is 33.3. The molecule has 0 unspecified atom stereocenters. The predicted octanol–water partition coefficient (Wildman–Crippen LogP) is 7.78. The van der Waals surface area contributed by atoms with E-state index in [9.17, 15) is 0 Å². The summed E-state index contributed by atoms with van der Waals surface area (Å²) in [6.07, 6.45) is 1.87. The van der Waals surface area contributed by atoms with Gasteiger partial charge in [-0.15, -0.1) is 0 Å². The first kappa shape index (κ1) is 17.8. The minimum atomic E-state index is 0.798. The summed E-state index contributed by atoms with van der Waals surface area (Å²) in [5.74, 6) is 0.798. The Morgan fingerprint density at radius 2 is 1.26 bits per heavy atom. The van der Waals surface area contributed by atoms with E-state index in [1.165, 1.54) is 16.2 Å². The van der Waals surface area contributed by atoms with E-state index in [0.29, 0.717) is 0 Å². The van der Waals surface area contributed by atoms with Crippen molar-refractivity contribution in [3.05, 3.63) is 103 Å². The summed E-state index contributed by atoms with van der Waals surface area (Å²) < 4.78 is 8.73. The molecular weight excluding hydrogens is 418 g/mol. The number of hydrogen-bond donors (Lipinski definition) is 0. The van der Waals surface area contributed by atoms with Crippen LogP contribution in [0, 0.1) is 0 Å². The minimum Gasteiger partial charge on any atom is -0.455 e. The first-order chi connectivity index (χ1) is 16.9. The van der Waals surface area contributed by atoms with Crippen LogP contribution in [0.5, 0.6) is 0 Å². The van der Waals surface area contributed by atoms with Crippen LogP contribution in [0.25, 0.3) is 71.4 Å². The molecule has 34 heavy (non-hydrogen) atoms. The number of benzene rings is 5. The molecule has 0 saturated carbocycles. The molecule has 0 N–H and O–H groups in total. The van der Waals surface area contributed by atoms with Gasteiger partial charge < -0.3 is 4.42 Å². The van der Waals surface area contributed by atoms with Crippen molar-refractivity contribution in [1.82, 2.24) is 14.5 Å². The largest absolute Gasteiger partial charge is 0.455 e. The Morgan fingerprint density at radius 1 is 0.588 bits per heavy atom. The number of hydrogen-bond acceptors (Lipinski definition) is 3. The second-order valence-electron chi connectivity index (χ2n) is 8.64. The Labute approximate surface area is 193 Å². The van der Waals surface area contributed by atoms with E-state index >= 15 is 0 Å². The third-order valence-electron chi connectivity index (χ3n) is 6.81. The van der Waals surface area contributed by atoms with Crippen LogP contribution in [0.3, 0.4) is 0 Å². The lowest BCUT2D eigenvalue weighted by Gasteiger charge is -2.09. The van der Waals surface area contributed by atoms with Gasteiger partial charge in [0, 0.05) is 21.5 Å². The van der Waals surface area contributed by atoms with Crippen molar-refractivity contribution < 1.29 is 4.42 Å². The van der Waals surface area contributed by atoms with Crippen LogP contribution in [-0.4, -0.2) is 14.5 Å². The van der Waals surface area contributed by atoms with E-state index in [2.05, 4.69) is 65.2 Å². The van der Waals surface area contributed by atoms with Crippen molar-refractivity contribution in [2.75, 3.05) is 0 Å². The summed E-state index contributed by atoms with van der Waals surface area (Å²) in [6.45, 7) is 0. The maximum atomic E-state index is 6.48. The quantitative estimate of drug-likeness (QED) is 0.264. The number of para-hydroxylation sites is 4. The van der Waals surface area contributed by atoms with Crippen LogP contribution in [0.15, 0.2) is 108 Å². The van der Waals surface area contributed by atoms with Crippen molar-refractivity contribution in [3.63, 3.8) is 0 Å². The Balaban J connectivity index is 1.71. The highest BCUT2D eigenvalue weighted by molar-refractivity contribution is 6.35. The molecule has 8 rings (SSSR count). The highest BCUT2D eigenvalue weighted by Gasteiger charge is 2.23. The van der Waals surface area contributed by atoms with Crippen LogP contribution in [0.1, 0.15) is 0 Å². The van der Waals surface area contributed by atoms with E-state index in [1.807, 2.05) is 42.6 Å². The summed E-state index contributed by atoms with van der Waals surface area (Å²) in [5.41, 5.74) is 5.75. The predicted molar refractivity (Wildman–Crippen MR) is 139 cm³/mol. The minimum absolute atomic E-state index is 0.798. The number of furan rings is 1. The summed E-state index contributed by atoms with van der Waals surface area (Å²) in [4.78, 5) is 9.78. The highest BCUT2D eigenvalue weighted by atomic mass is 16.3. The molecule has 4 heteroatoms. The molecule has 0 bridgehead atoms. The number of fused-ring (bicyclic) bond motifs is 11. The van der Waals surface area contributed by atoms with Gasteiger partial charge in [0.1, 0.15) is 11.2 Å². The topological polar surface area (TPSA) is 43.9 Å². The van der Waals surface area contributed by atoms with Crippen molar-refractivity contribution in [2.45, 2.75) is 0 Å². The SMILES string of the molecule is c1ccc2nc(-n3c4ccccc4c4c5ccccc5c5oc6ccccc6c5c43)cnc2c1. The molecule has 158 valence electrons. The Morgan fingerprint density at radius 3 is 2.15 bits per heavy atom. The molecule has 8 aromatic rings. The van der Waals surface area contributed by atoms with Crippen LogP contribution in [0.2, 0.25) is 0 Å². The number of nitrogens with zero attached hydrogens (tertiary/aromatic N) is 3. The van der Waals surface area contributed by atoms with E-state index < -0.39 is 0 Å². The van der Waals surface area contributed by atoms with Crippen LogP contribution in [0.4, 0.5) is 0 Å². The summed E-state index contributed by atoms with van der Waals surface area (Å²) in [7, 11) is 0. The van der Waals surface area contributed by atoms with Gasteiger partial charge in [-0.2, -0.15) is 0 Å². The molecule has 0 fully saturated rings. The van der Waals surface area contributed by atoms with Gasteiger partial charge in [-0.25, -0.2) is 4.98 Å². The van der Waals surface area contributed by atoms with Gasteiger partial charge in [0.05, 0.1) is 33.6 Å². The molecule has 5 aromatic carbocycles. The first-order valence-electron chi connectivity index (χ1n) is 11.4. The van der Waals surface area contributed by atoms with Gasteiger partial charge in [-0.1, -0.05) is 72.8 Å². The summed E-state index contributed by atoms with van der Waals surface area (Å²) >= 11 is 0. The van der Waals surface area contributed by atoms with E-state index in [0.717, 1.165) is 55.2 Å². The maximum Gasteiger partial charge on any atom is 0.156 e. The third kappa shape index (κ3) is 2.22. The molecule has 0 amide bonds. The van der Waals surface area contributed by atoms with E-state index in [1.54, 1.807) is 0 Å². The second kappa shape index (κ2) is 6.42. The molecular formula is C30H17N3O. The van der Waals surface area contributed by atoms with Gasteiger partial charge >= 0.3 is 0 Å². The molecule has 0 radical (unpaired) electrons. The normalized spacial score (nSPS) is 12.1. The third-order valence-corrected chi connectivity index (χ3v) is 6.81. The van der Waals surface area contributed by atoms with Gasteiger partial charge in [-0.3, -0.25) is 9.55 Å². The first-order valence-corrected chi connectivity index (χ1v) is 11.4. The molecule has 0 saturated heterocycles. The number of rotatable bonds is 1. The van der Waals surface area contributed by atoms with Crippen molar-refractivity contribution >= 4 is 65.6 Å². The van der Waals surface area contributed by atoms with Crippen molar-refractivity contribution in [1.29, 1.82) is 0 Å². The lowest BCUT2D eigenvalue weighted by atomic mass is 9.99. The molecule has 0 aliphatic heterocycles. The van der Waals surface area contributed by atoms with E-state index in [4.69, 9.17) is 14.4 Å². The Hall–Kier alpha value is -4.70. The monoisotopic (exact) mass is 435 g/mol. The molecule has 0 aliphatic rings. The molecule has 0 atom stereocenters. The van der Waals surface area contributed by atoms with Gasteiger partial charge in [0.2, 0.25) is 0 Å². The van der Waals surface area contributed by atoms with Gasteiger partial charge in [-0.05, 0) is 29.7 Å². The Kier molecular flexibility index (Phi) is 3.36. The fourth-order valence-corrected chi connectivity index (χ4v) is 5.41. The highest BCUT2D eigenvalue weighted by Crippen LogP contribution is 2.45. The van der Waals surface area contributed by atoms with Gasteiger partial charge in [0.25, 0.3) is 0 Å². The molecule has 4 nitrogen and oxygen atoms in total. The molecule has 3 aromatic heterocycles. The van der Waals surface area contributed by atoms with Crippen molar-refractivity contribution in [3.8, 4) is 5.82 Å². The lowest BCUT2D eigenvalue weighted by molar-refractivity contribution is 0.673. The standard InChI is InChI=1S/C30H17N3O/c1-2-10-19-18(9-1)27-20-11-3-7-15-24(20)33(26-17-31-22-13-5-6-14-23(22)32-26)29(27)28-21-12-4-8-16-25(21)34-30(19)28/h1-17H. The Bertz CT molecular complexity index is 2080.